The highest BCUT2D eigenvalue weighted by molar-refractivity contribution is 7.91. The number of sulfonamides is 1. The largest absolute Gasteiger partial charge is 0.252 e. The van der Waals surface area contributed by atoms with Gasteiger partial charge < -0.3 is 0 Å². The van der Waals surface area contributed by atoms with E-state index in [0.717, 1.165) is 17.7 Å². The van der Waals surface area contributed by atoms with Crippen molar-refractivity contribution in [1.29, 1.82) is 0 Å². The number of nitrogens with zero attached hydrogens (tertiary/aromatic N) is 1. The van der Waals surface area contributed by atoms with Gasteiger partial charge in [-0.1, -0.05) is 13.8 Å². The number of halogens is 1. The molecule has 0 aromatic carbocycles. The lowest BCUT2D eigenvalue weighted by Gasteiger charge is -2.39. The molecule has 0 bridgehead atoms. The SMILES string of the molecule is CC1CC(C)C(C)N(S(=O)(=O)c2ccc(CCCl)s2)C1. The molecule has 3 unspecified atom stereocenters. The number of hydrogen-bond donors (Lipinski definition) is 0. The summed E-state index contributed by atoms with van der Waals surface area (Å²) in [4.78, 5) is 1.03. The minimum Gasteiger partial charge on any atom is -0.206 e. The van der Waals surface area contributed by atoms with Crippen molar-refractivity contribution >= 4 is 33.0 Å². The predicted octanol–water partition coefficient (Wildman–Crippen LogP) is 3.58. The molecular weight excluding hydrogens is 314 g/mol. The average molecular weight is 336 g/mol. The maximum absolute atomic E-state index is 12.8. The van der Waals surface area contributed by atoms with Gasteiger partial charge in [0.1, 0.15) is 4.21 Å². The maximum atomic E-state index is 12.8. The van der Waals surface area contributed by atoms with E-state index in [4.69, 9.17) is 11.6 Å². The molecule has 1 aromatic rings. The van der Waals surface area contributed by atoms with Crippen molar-refractivity contribution in [2.24, 2.45) is 11.8 Å². The molecule has 2 rings (SSSR count). The van der Waals surface area contributed by atoms with Crippen LogP contribution in [-0.4, -0.2) is 31.2 Å². The molecule has 114 valence electrons. The fourth-order valence-electron chi connectivity index (χ4n) is 2.82. The van der Waals surface area contributed by atoms with Crippen LogP contribution in [0.15, 0.2) is 16.3 Å². The minimum atomic E-state index is -3.37. The summed E-state index contributed by atoms with van der Waals surface area (Å²) in [5.74, 6) is 1.34. The maximum Gasteiger partial charge on any atom is 0.252 e. The number of hydrogen-bond acceptors (Lipinski definition) is 3. The van der Waals surface area contributed by atoms with Crippen LogP contribution in [-0.2, 0) is 16.4 Å². The van der Waals surface area contributed by atoms with Gasteiger partial charge >= 0.3 is 0 Å². The highest BCUT2D eigenvalue weighted by atomic mass is 35.5. The van der Waals surface area contributed by atoms with Crippen LogP contribution in [0.5, 0.6) is 0 Å². The van der Waals surface area contributed by atoms with Crippen molar-refractivity contribution in [3.05, 3.63) is 17.0 Å². The molecule has 0 aliphatic carbocycles. The molecule has 0 spiro atoms. The first-order valence-corrected chi connectivity index (χ1v) is 9.82. The highest BCUT2D eigenvalue weighted by Crippen LogP contribution is 2.33. The van der Waals surface area contributed by atoms with E-state index in [1.165, 1.54) is 11.3 Å². The number of piperidine rings is 1. The van der Waals surface area contributed by atoms with Crippen LogP contribution in [0.2, 0.25) is 0 Å². The second-order valence-electron chi connectivity index (χ2n) is 5.79. The summed E-state index contributed by atoms with van der Waals surface area (Å²) < 4.78 is 27.8. The van der Waals surface area contributed by atoms with E-state index in [1.807, 2.05) is 13.0 Å². The molecule has 0 saturated carbocycles. The molecule has 1 fully saturated rings. The van der Waals surface area contributed by atoms with Gasteiger partial charge in [0.05, 0.1) is 0 Å². The van der Waals surface area contributed by atoms with Gasteiger partial charge in [0.15, 0.2) is 0 Å². The molecule has 3 atom stereocenters. The van der Waals surface area contributed by atoms with Crippen molar-refractivity contribution in [3.8, 4) is 0 Å². The Hall–Kier alpha value is -0.100. The Labute approximate surface area is 131 Å². The minimum absolute atomic E-state index is 0.0646. The first kappa shape index (κ1) is 16.3. The summed E-state index contributed by atoms with van der Waals surface area (Å²) >= 11 is 7.06. The zero-order chi connectivity index (χ0) is 14.9. The lowest BCUT2D eigenvalue weighted by atomic mass is 9.88. The third-order valence-corrected chi connectivity index (χ3v) is 7.84. The van der Waals surface area contributed by atoms with Crippen molar-refractivity contribution in [3.63, 3.8) is 0 Å². The molecule has 1 aromatic heterocycles. The summed E-state index contributed by atoms with van der Waals surface area (Å²) in [5.41, 5.74) is 0. The van der Waals surface area contributed by atoms with Gasteiger partial charge in [-0.2, -0.15) is 4.31 Å². The Morgan fingerprint density at radius 1 is 1.35 bits per heavy atom. The molecule has 20 heavy (non-hydrogen) atoms. The number of alkyl halides is 1. The molecular formula is C14H22ClNO2S2. The monoisotopic (exact) mass is 335 g/mol. The quantitative estimate of drug-likeness (QED) is 0.789. The molecule has 0 radical (unpaired) electrons. The summed E-state index contributed by atoms with van der Waals surface area (Å²) in [6.07, 6.45) is 1.82. The van der Waals surface area contributed by atoms with E-state index in [-0.39, 0.29) is 6.04 Å². The molecule has 0 amide bonds. The molecule has 1 aliphatic heterocycles. The van der Waals surface area contributed by atoms with Crippen LogP contribution in [0.25, 0.3) is 0 Å². The van der Waals surface area contributed by atoms with Gasteiger partial charge in [-0.25, -0.2) is 8.42 Å². The Morgan fingerprint density at radius 3 is 2.70 bits per heavy atom. The fourth-order valence-corrected chi connectivity index (χ4v) is 6.47. The van der Waals surface area contributed by atoms with Crippen LogP contribution in [0, 0.1) is 11.8 Å². The summed E-state index contributed by atoms with van der Waals surface area (Å²) in [5, 5.41) is 0. The van der Waals surface area contributed by atoms with Crippen LogP contribution >= 0.6 is 22.9 Å². The molecule has 0 N–H and O–H groups in total. The van der Waals surface area contributed by atoms with E-state index in [0.29, 0.717) is 28.5 Å². The number of rotatable bonds is 4. The van der Waals surface area contributed by atoms with Gasteiger partial charge in [-0.3, -0.25) is 0 Å². The topological polar surface area (TPSA) is 37.4 Å². The van der Waals surface area contributed by atoms with Gasteiger partial charge in [-0.05, 0) is 43.7 Å². The van der Waals surface area contributed by atoms with Gasteiger partial charge in [0, 0.05) is 23.3 Å². The number of aryl methyl sites for hydroxylation is 1. The third kappa shape index (κ3) is 3.21. The third-order valence-electron chi connectivity index (χ3n) is 4.08. The van der Waals surface area contributed by atoms with Crippen molar-refractivity contribution < 1.29 is 8.42 Å². The van der Waals surface area contributed by atoms with Crippen LogP contribution in [0.3, 0.4) is 0 Å². The van der Waals surface area contributed by atoms with Crippen molar-refractivity contribution in [1.82, 2.24) is 4.31 Å². The Balaban J connectivity index is 2.28. The normalized spacial score (nSPS) is 28.7. The summed E-state index contributed by atoms with van der Waals surface area (Å²) in [6, 6.07) is 3.66. The molecule has 1 aliphatic rings. The molecule has 1 saturated heterocycles. The zero-order valence-electron chi connectivity index (χ0n) is 12.2. The van der Waals surface area contributed by atoms with Gasteiger partial charge in [0.2, 0.25) is 0 Å². The van der Waals surface area contributed by atoms with Crippen LogP contribution < -0.4 is 0 Å². The van der Waals surface area contributed by atoms with E-state index in [2.05, 4.69) is 13.8 Å². The Kier molecular flexibility index (Phi) is 5.16. The Morgan fingerprint density at radius 2 is 2.05 bits per heavy atom. The van der Waals surface area contributed by atoms with Crippen LogP contribution in [0.4, 0.5) is 0 Å². The van der Waals surface area contributed by atoms with E-state index < -0.39 is 10.0 Å². The van der Waals surface area contributed by atoms with Crippen LogP contribution in [0.1, 0.15) is 32.1 Å². The zero-order valence-corrected chi connectivity index (χ0v) is 14.6. The average Bonchev–Trinajstić information content (AvgIpc) is 2.83. The van der Waals surface area contributed by atoms with E-state index in [9.17, 15) is 8.42 Å². The molecule has 2 heterocycles. The highest BCUT2D eigenvalue weighted by Gasteiger charge is 2.37. The molecule has 6 heteroatoms. The lowest BCUT2D eigenvalue weighted by Crippen LogP contribution is -2.48. The lowest BCUT2D eigenvalue weighted by molar-refractivity contribution is 0.157. The number of thiophene rings is 1. The second kappa shape index (κ2) is 6.34. The van der Waals surface area contributed by atoms with Crippen molar-refractivity contribution in [2.75, 3.05) is 12.4 Å². The first-order valence-electron chi connectivity index (χ1n) is 7.02. The first-order chi connectivity index (χ1) is 9.36. The molecule has 3 nitrogen and oxygen atoms in total. The summed E-state index contributed by atoms with van der Waals surface area (Å²) in [7, 11) is -3.37. The second-order valence-corrected chi connectivity index (χ2v) is 9.46. The standard InChI is InChI=1S/C14H22ClNO2S2/c1-10-8-11(2)12(3)16(9-10)20(17,18)14-5-4-13(19-14)6-7-15/h4-5,10-12H,6-9H2,1-3H3. The smallest absolute Gasteiger partial charge is 0.206 e. The Bertz CT molecular complexity index is 555. The fraction of sp³-hybridized carbons (Fsp3) is 0.714. The van der Waals surface area contributed by atoms with Gasteiger partial charge in [0.25, 0.3) is 10.0 Å². The predicted molar refractivity (Wildman–Crippen MR) is 85.0 cm³/mol. The van der Waals surface area contributed by atoms with Crippen molar-refractivity contribution in [2.45, 2.75) is 43.9 Å². The summed E-state index contributed by atoms with van der Waals surface area (Å²) in [6.45, 7) is 6.90. The van der Waals surface area contributed by atoms with E-state index in [1.54, 1.807) is 10.4 Å². The van der Waals surface area contributed by atoms with Gasteiger partial charge in [-0.15, -0.1) is 22.9 Å². The van der Waals surface area contributed by atoms with E-state index >= 15 is 0 Å².